The van der Waals surface area contributed by atoms with Gasteiger partial charge in [-0.25, -0.2) is 0 Å². The average molecular weight is 469 g/mol. The third kappa shape index (κ3) is 17.0. The first-order valence-corrected chi connectivity index (χ1v) is 12.9. The molecule has 0 fully saturated rings. The average Bonchev–Trinajstić information content (AvgIpc) is 2.86. The molecule has 0 saturated carbocycles. The van der Waals surface area contributed by atoms with Crippen LogP contribution < -0.4 is 0 Å². The zero-order chi connectivity index (χ0) is 26.6. The van der Waals surface area contributed by atoms with Crippen LogP contribution in [-0.2, 0) is 0 Å². The van der Waals surface area contributed by atoms with Gasteiger partial charge < -0.3 is 0 Å². The Hall–Kier alpha value is -3.12. The highest BCUT2D eigenvalue weighted by atomic mass is 14.0. The minimum absolute atomic E-state index is 0.833. The van der Waals surface area contributed by atoms with Crippen molar-refractivity contribution in [2.75, 3.05) is 0 Å². The van der Waals surface area contributed by atoms with Gasteiger partial charge in [-0.3, -0.25) is 0 Å². The standard InChI is InChI=1S/C13H12.2C8H10.C4H10.C2H6/c1-11-7-9-13(10-8-11)12-5-3-2-4-6-12;2*1-7-3-5-8(2)6-4-7;1-4(2)3;1-2/h2-10H,1H3;2*3-6H,1-2H3;4H,1-3H3;1-2H3. The number of rotatable bonds is 1. The minimum Gasteiger partial charge on any atom is -0.0683 e. The number of aryl methyl sites for hydroxylation is 5. The van der Waals surface area contributed by atoms with E-state index in [1.165, 1.54) is 38.9 Å². The summed E-state index contributed by atoms with van der Waals surface area (Å²) in [6, 6.07) is 36.0. The molecule has 0 heteroatoms. The van der Waals surface area contributed by atoms with Gasteiger partial charge in [-0.2, -0.15) is 0 Å². The summed E-state index contributed by atoms with van der Waals surface area (Å²) in [7, 11) is 0. The van der Waals surface area contributed by atoms with Crippen LogP contribution in [0.25, 0.3) is 11.1 Å². The zero-order valence-electron chi connectivity index (χ0n) is 23.9. The molecular weight excluding hydrogens is 420 g/mol. The summed E-state index contributed by atoms with van der Waals surface area (Å²) in [4.78, 5) is 0. The number of hydrogen-bond donors (Lipinski definition) is 0. The second-order valence-electron chi connectivity index (χ2n) is 9.27. The molecular formula is C35H48. The summed E-state index contributed by atoms with van der Waals surface area (Å²) in [5.74, 6) is 0.833. The second-order valence-corrected chi connectivity index (χ2v) is 9.27. The van der Waals surface area contributed by atoms with E-state index < -0.39 is 0 Å². The van der Waals surface area contributed by atoms with Gasteiger partial charge in [0.2, 0.25) is 0 Å². The van der Waals surface area contributed by atoms with Crippen LogP contribution in [-0.4, -0.2) is 0 Å². The predicted octanol–water partition coefficient (Wildman–Crippen LogP) is 11.0. The summed E-state index contributed by atoms with van der Waals surface area (Å²) in [5, 5.41) is 0. The minimum atomic E-state index is 0.833. The van der Waals surface area contributed by atoms with E-state index in [0.29, 0.717) is 0 Å². The quantitative estimate of drug-likeness (QED) is 0.260. The molecule has 0 aromatic heterocycles. The molecule has 4 rings (SSSR count). The fraction of sp³-hybridized carbons (Fsp3) is 0.314. The van der Waals surface area contributed by atoms with Gasteiger partial charge in [0.05, 0.1) is 0 Å². The molecule has 0 nitrogen and oxygen atoms in total. The van der Waals surface area contributed by atoms with Gasteiger partial charge in [-0.05, 0) is 51.7 Å². The molecule has 4 aromatic carbocycles. The molecule has 0 atom stereocenters. The molecule has 0 heterocycles. The van der Waals surface area contributed by atoms with E-state index >= 15 is 0 Å². The van der Waals surface area contributed by atoms with Crippen LogP contribution in [0.4, 0.5) is 0 Å². The van der Waals surface area contributed by atoms with E-state index in [4.69, 9.17) is 0 Å². The van der Waals surface area contributed by atoms with Crippen molar-refractivity contribution in [2.24, 2.45) is 5.92 Å². The van der Waals surface area contributed by atoms with E-state index in [0.717, 1.165) is 5.92 Å². The van der Waals surface area contributed by atoms with Crippen LogP contribution >= 0.6 is 0 Å². The molecule has 0 bridgehead atoms. The fourth-order valence-corrected chi connectivity index (χ4v) is 2.65. The van der Waals surface area contributed by atoms with E-state index in [1.54, 1.807) is 0 Å². The second kappa shape index (κ2) is 19.2. The lowest BCUT2D eigenvalue weighted by Crippen LogP contribution is -1.76. The molecule has 0 saturated heterocycles. The van der Waals surface area contributed by atoms with Gasteiger partial charge >= 0.3 is 0 Å². The fourth-order valence-electron chi connectivity index (χ4n) is 2.65. The molecule has 0 radical (unpaired) electrons. The molecule has 0 aliphatic rings. The Labute approximate surface area is 217 Å². The van der Waals surface area contributed by atoms with Crippen LogP contribution in [0.15, 0.2) is 103 Å². The molecule has 0 N–H and O–H groups in total. The van der Waals surface area contributed by atoms with Crippen LogP contribution in [0.2, 0.25) is 0 Å². The van der Waals surface area contributed by atoms with Crippen LogP contribution in [0.3, 0.4) is 0 Å². The van der Waals surface area contributed by atoms with E-state index in [2.05, 4.69) is 152 Å². The van der Waals surface area contributed by atoms with Crippen molar-refractivity contribution in [3.05, 3.63) is 131 Å². The van der Waals surface area contributed by atoms with Crippen molar-refractivity contribution in [1.29, 1.82) is 0 Å². The zero-order valence-corrected chi connectivity index (χ0v) is 23.9. The first-order valence-electron chi connectivity index (χ1n) is 12.9. The Morgan fingerprint density at radius 3 is 0.800 bits per heavy atom. The molecule has 0 spiro atoms. The van der Waals surface area contributed by atoms with Crippen molar-refractivity contribution in [3.63, 3.8) is 0 Å². The normalized spacial score (nSPS) is 9.11. The molecule has 0 unspecified atom stereocenters. The molecule has 0 aliphatic carbocycles. The largest absolute Gasteiger partial charge is 0.0683 e. The third-order valence-electron chi connectivity index (χ3n) is 4.60. The van der Waals surface area contributed by atoms with Gasteiger partial charge in [0, 0.05) is 0 Å². The third-order valence-corrected chi connectivity index (χ3v) is 4.60. The summed E-state index contributed by atoms with van der Waals surface area (Å²) in [6.07, 6.45) is 0. The number of hydrogen-bond acceptors (Lipinski definition) is 0. The first-order chi connectivity index (χ1) is 16.7. The van der Waals surface area contributed by atoms with Gasteiger partial charge in [-0.15, -0.1) is 0 Å². The van der Waals surface area contributed by atoms with Crippen molar-refractivity contribution in [1.82, 2.24) is 0 Å². The monoisotopic (exact) mass is 468 g/mol. The summed E-state index contributed by atoms with van der Waals surface area (Å²) < 4.78 is 0. The van der Waals surface area contributed by atoms with Crippen LogP contribution in [0.1, 0.15) is 62.4 Å². The maximum absolute atomic E-state index is 2.17. The van der Waals surface area contributed by atoms with E-state index in [9.17, 15) is 0 Å². The lowest BCUT2D eigenvalue weighted by Gasteiger charge is -2.00. The Morgan fingerprint density at radius 2 is 0.543 bits per heavy atom. The van der Waals surface area contributed by atoms with E-state index in [-0.39, 0.29) is 0 Å². The van der Waals surface area contributed by atoms with E-state index in [1.807, 2.05) is 19.9 Å². The number of benzene rings is 4. The summed E-state index contributed by atoms with van der Waals surface area (Å²) in [5.41, 5.74) is 9.19. The van der Waals surface area contributed by atoms with Crippen molar-refractivity contribution < 1.29 is 0 Å². The molecule has 0 aliphatic heterocycles. The maximum Gasteiger partial charge on any atom is -0.0184 e. The van der Waals surface area contributed by atoms with Gasteiger partial charge in [0.25, 0.3) is 0 Å². The Kier molecular flexibility index (Phi) is 17.5. The SMILES string of the molecule is CC.CC(C)C.Cc1ccc(-c2ccccc2)cc1.Cc1ccc(C)cc1.Cc1ccc(C)cc1. The molecule has 188 valence electrons. The Bertz CT molecular complexity index is 902. The lowest BCUT2D eigenvalue weighted by molar-refractivity contribution is 0.737. The van der Waals surface area contributed by atoms with Crippen LogP contribution in [0, 0.1) is 40.5 Å². The van der Waals surface area contributed by atoms with Gasteiger partial charge in [0.15, 0.2) is 0 Å². The Balaban J connectivity index is 0.000000461. The molecule has 4 aromatic rings. The van der Waals surface area contributed by atoms with Crippen molar-refractivity contribution in [3.8, 4) is 11.1 Å². The molecule has 35 heavy (non-hydrogen) atoms. The Morgan fingerprint density at radius 1 is 0.343 bits per heavy atom. The highest BCUT2D eigenvalue weighted by molar-refractivity contribution is 5.63. The first kappa shape index (κ1) is 31.9. The van der Waals surface area contributed by atoms with Crippen LogP contribution in [0.5, 0.6) is 0 Å². The van der Waals surface area contributed by atoms with Crippen molar-refractivity contribution in [2.45, 2.75) is 69.2 Å². The summed E-state index contributed by atoms with van der Waals surface area (Å²) >= 11 is 0. The topological polar surface area (TPSA) is 0 Å². The lowest BCUT2D eigenvalue weighted by atomic mass is 10.0. The maximum atomic E-state index is 2.17. The highest BCUT2D eigenvalue weighted by Gasteiger charge is 1.93. The molecule has 0 amide bonds. The van der Waals surface area contributed by atoms with Gasteiger partial charge in [0.1, 0.15) is 0 Å². The van der Waals surface area contributed by atoms with Gasteiger partial charge in [-0.1, -0.05) is 166 Å². The highest BCUT2D eigenvalue weighted by Crippen LogP contribution is 2.18. The predicted molar refractivity (Wildman–Crippen MR) is 160 cm³/mol. The smallest absolute Gasteiger partial charge is 0.0184 e. The van der Waals surface area contributed by atoms with Crippen molar-refractivity contribution >= 4 is 0 Å². The summed E-state index contributed by atoms with van der Waals surface area (Å²) in [6.45, 7) is 21.0.